The van der Waals surface area contributed by atoms with Gasteiger partial charge in [-0.05, 0) is 43.0 Å². The molecule has 1 aromatic heterocycles. The lowest BCUT2D eigenvalue weighted by Gasteiger charge is -2.36. The number of hydrogen-bond donors (Lipinski definition) is 2. The van der Waals surface area contributed by atoms with Crippen molar-refractivity contribution in [2.45, 2.75) is 25.5 Å². The number of nitrogens with one attached hydrogen (secondary N) is 1. The molecule has 6 nitrogen and oxygen atoms in total. The molecular weight excluding hydrogens is 308 g/mol. The first-order chi connectivity index (χ1) is 11.6. The van der Waals surface area contributed by atoms with Gasteiger partial charge in [-0.3, -0.25) is 9.69 Å². The number of carbonyl (C=O) groups excluding carboxylic acids is 1. The smallest absolute Gasteiger partial charge is 0.312 e. The van der Waals surface area contributed by atoms with Crippen LogP contribution in [0.15, 0.2) is 24.4 Å². The molecule has 0 bridgehead atoms. The van der Waals surface area contributed by atoms with Crippen LogP contribution in [0.5, 0.6) is 5.75 Å². The standard InChI is InChI=1S/C18H24N2O4/c1-23-13-5-6-16-15(10-13)12(11-19-16)7-9-20-8-3-4-14(17(20)21)18(22)24-2/h5-6,10-11,14,17,19,21H,3-4,7-9H2,1-2H3/t14-,17+/m1/s1. The molecule has 3 rings (SSSR count). The first-order valence-electron chi connectivity index (χ1n) is 8.28. The highest BCUT2D eigenvalue weighted by Crippen LogP contribution is 2.26. The highest BCUT2D eigenvalue weighted by Gasteiger charge is 2.35. The number of benzene rings is 1. The average molecular weight is 332 g/mol. The van der Waals surface area contributed by atoms with Crippen molar-refractivity contribution in [1.82, 2.24) is 9.88 Å². The third-order valence-electron chi connectivity index (χ3n) is 4.84. The second kappa shape index (κ2) is 7.23. The number of methoxy groups -OCH3 is 2. The number of rotatable bonds is 5. The molecule has 0 radical (unpaired) electrons. The maximum atomic E-state index is 11.8. The lowest BCUT2D eigenvalue weighted by atomic mass is 9.95. The molecule has 0 saturated carbocycles. The maximum Gasteiger partial charge on any atom is 0.312 e. The molecule has 1 aromatic carbocycles. The minimum atomic E-state index is -0.772. The van der Waals surface area contributed by atoms with E-state index in [0.29, 0.717) is 13.0 Å². The predicted octanol–water partition coefficient (Wildman–Crippen LogP) is 1.92. The Kier molecular flexibility index (Phi) is 5.06. The number of ether oxygens (including phenoxy) is 2. The molecule has 1 aliphatic heterocycles. The predicted molar refractivity (Wildman–Crippen MR) is 90.9 cm³/mol. The molecule has 2 atom stereocenters. The number of carbonyl (C=O) groups is 1. The van der Waals surface area contributed by atoms with E-state index in [-0.39, 0.29) is 5.97 Å². The molecule has 1 aliphatic rings. The summed E-state index contributed by atoms with van der Waals surface area (Å²) in [6, 6.07) is 5.95. The molecule has 2 N–H and O–H groups in total. The molecule has 0 aliphatic carbocycles. The summed E-state index contributed by atoms with van der Waals surface area (Å²) in [5.41, 5.74) is 2.24. The number of H-pyrrole nitrogens is 1. The van der Waals surface area contributed by atoms with Crippen molar-refractivity contribution in [3.05, 3.63) is 30.0 Å². The molecule has 24 heavy (non-hydrogen) atoms. The first-order valence-corrected chi connectivity index (χ1v) is 8.28. The first kappa shape index (κ1) is 16.8. The van der Waals surface area contributed by atoms with Gasteiger partial charge < -0.3 is 19.6 Å². The number of fused-ring (bicyclic) bond motifs is 1. The third kappa shape index (κ3) is 3.25. The SMILES string of the molecule is COC(=O)[C@@H]1CCCN(CCc2c[nH]c3ccc(OC)cc23)[C@H]1O. The fourth-order valence-corrected chi connectivity index (χ4v) is 3.44. The van der Waals surface area contributed by atoms with E-state index in [9.17, 15) is 9.90 Å². The third-order valence-corrected chi connectivity index (χ3v) is 4.84. The summed E-state index contributed by atoms with van der Waals surface area (Å²) in [6.07, 6.45) is 3.58. The second-order valence-electron chi connectivity index (χ2n) is 6.20. The fraction of sp³-hybridized carbons (Fsp3) is 0.500. The Bertz CT molecular complexity index is 712. The normalized spacial score (nSPS) is 21.8. The van der Waals surface area contributed by atoms with Crippen LogP contribution in [0.25, 0.3) is 10.9 Å². The number of aliphatic hydroxyl groups is 1. The Morgan fingerprint density at radius 2 is 2.25 bits per heavy atom. The quantitative estimate of drug-likeness (QED) is 0.818. The number of esters is 1. The Balaban J connectivity index is 1.70. The van der Waals surface area contributed by atoms with E-state index in [1.807, 2.05) is 29.3 Å². The lowest BCUT2D eigenvalue weighted by Crippen LogP contribution is -2.48. The Hall–Kier alpha value is -2.05. The van der Waals surface area contributed by atoms with Gasteiger partial charge >= 0.3 is 5.97 Å². The van der Waals surface area contributed by atoms with E-state index < -0.39 is 12.1 Å². The highest BCUT2D eigenvalue weighted by atomic mass is 16.5. The number of aromatic nitrogens is 1. The zero-order chi connectivity index (χ0) is 17.1. The number of likely N-dealkylation sites (tertiary alicyclic amines) is 1. The van der Waals surface area contributed by atoms with Crippen LogP contribution >= 0.6 is 0 Å². The van der Waals surface area contributed by atoms with Crippen molar-refractivity contribution in [1.29, 1.82) is 0 Å². The summed E-state index contributed by atoms with van der Waals surface area (Å²) >= 11 is 0. The minimum absolute atomic E-state index is 0.330. The molecule has 0 spiro atoms. The summed E-state index contributed by atoms with van der Waals surface area (Å²) in [7, 11) is 3.03. The molecule has 1 fully saturated rings. The van der Waals surface area contributed by atoms with Gasteiger partial charge in [0.1, 0.15) is 12.0 Å². The van der Waals surface area contributed by atoms with Gasteiger partial charge in [-0.25, -0.2) is 0 Å². The molecule has 0 unspecified atom stereocenters. The van der Waals surface area contributed by atoms with E-state index in [2.05, 4.69) is 4.98 Å². The van der Waals surface area contributed by atoms with Crippen molar-refractivity contribution in [3.63, 3.8) is 0 Å². The number of nitrogens with zero attached hydrogens (tertiary/aromatic N) is 1. The van der Waals surface area contributed by atoms with Crippen LogP contribution in [-0.2, 0) is 16.0 Å². The lowest BCUT2D eigenvalue weighted by molar-refractivity contribution is -0.159. The summed E-state index contributed by atoms with van der Waals surface area (Å²) < 4.78 is 10.1. The van der Waals surface area contributed by atoms with E-state index >= 15 is 0 Å². The van der Waals surface area contributed by atoms with Crippen molar-refractivity contribution in [2.75, 3.05) is 27.3 Å². The number of piperidine rings is 1. The van der Waals surface area contributed by atoms with E-state index in [1.165, 1.54) is 12.7 Å². The molecule has 2 heterocycles. The maximum absolute atomic E-state index is 11.8. The molecule has 1 saturated heterocycles. The van der Waals surface area contributed by atoms with Gasteiger partial charge in [-0.15, -0.1) is 0 Å². The Labute approximate surface area is 141 Å². The molecule has 6 heteroatoms. The summed E-state index contributed by atoms with van der Waals surface area (Å²) in [5.74, 6) is 0.0444. The molecule has 2 aromatic rings. The Morgan fingerprint density at radius 1 is 1.42 bits per heavy atom. The van der Waals surface area contributed by atoms with Gasteiger partial charge in [0.2, 0.25) is 0 Å². The van der Waals surface area contributed by atoms with E-state index in [4.69, 9.17) is 9.47 Å². The van der Waals surface area contributed by atoms with E-state index in [0.717, 1.165) is 36.0 Å². The van der Waals surface area contributed by atoms with Crippen LogP contribution in [0.2, 0.25) is 0 Å². The van der Waals surface area contributed by atoms with Crippen molar-refractivity contribution < 1.29 is 19.4 Å². The monoisotopic (exact) mass is 332 g/mol. The zero-order valence-electron chi connectivity index (χ0n) is 14.1. The highest BCUT2D eigenvalue weighted by molar-refractivity contribution is 5.84. The summed E-state index contributed by atoms with van der Waals surface area (Å²) in [6.45, 7) is 1.49. The zero-order valence-corrected chi connectivity index (χ0v) is 14.1. The molecular formula is C18H24N2O4. The minimum Gasteiger partial charge on any atom is -0.497 e. The molecule has 130 valence electrons. The van der Waals surface area contributed by atoms with Crippen molar-refractivity contribution >= 4 is 16.9 Å². The van der Waals surface area contributed by atoms with Crippen molar-refractivity contribution in [2.24, 2.45) is 5.92 Å². The van der Waals surface area contributed by atoms with Crippen LogP contribution in [0.4, 0.5) is 0 Å². The van der Waals surface area contributed by atoms with Gasteiger partial charge in [0, 0.05) is 30.2 Å². The number of hydrogen-bond acceptors (Lipinski definition) is 5. The summed E-state index contributed by atoms with van der Waals surface area (Å²) in [5, 5.41) is 11.6. The van der Waals surface area contributed by atoms with Crippen LogP contribution in [0.1, 0.15) is 18.4 Å². The van der Waals surface area contributed by atoms with Crippen LogP contribution < -0.4 is 4.74 Å². The van der Waals surface area contributed by atoms with Crippen LogP contribution in [0.3, 0.4) is 0 Å². The Morgan fingerprint density at radius 3 is 3.00 bits per heavy atom. The van der Waals surface area contributed by atoms with Crippen LogP contribution in [0, 0.1) is 5.92 Å². The van der Waals surface area contributed by atoms with Gasteiger partial charge in [-0.2, -0.15) is 0 Å². The van der Waals surface area contributed by atoms with Gasteiger partial charge in [-0.1, -0.05) is 0 Å². The van der Waals surface area contributed by atoms with Gasteiger partial charge in [0.05, 0.1) is 20.1 Å². The second-order valence-corrected chi connectivity index (χ2v) is 6.20. The van der Waals surface area contributed by atoms with Gasteiger partial charge in [0.15, 0.2) is 0 Å². The average Bonchev–Trinajstić information content (AvgIpc) is 3.02. The van der Waals surface area contributed by atoms with E-state index in [1.54, 1.807) is 7.11 Å². The van der Waals surface area contributed by atoms with Crippen molar-refractivity contribution in [3.8, 4) is 5.75 Å². The number of aliphatic hydroxyl groups excluding tert-OH is 1. The largest absolute Gasteiger partial charge is 0.497 e. The summed E-state index contributed by atoms with van der Waals surface area (Å²) in [4.78, 5) is 17.0. The van der Waals surface area contributed by atoms with Gasteiger partial charge in [0.25, 0.3) is 0 Å². The van der Waals surface area contributed by atoms with Crippen LogP contribution in [-0.4, -0.2) is 54.5 Å². The number of aromatic amines is 1. The topological polar surface area (TPSA) is 74.8 Å². The fourth-order valence-electron chi connectivity index (χ4n) is 3.44. The molecule has 0 amide bonds.